The van der Waals surface area contributed by atoms with Crippen LogP contribution in [0.1, 0.15) is 34.1 Å². The van der Waals surface area contributed by atoms with Crippen LogP contribution in [0.5, 0.6) is 5.75 Å². The van der Waals surface area contributed by atoms with Gasteiger partial charge in [0.05, 0.1) is 29.7 Å². The molecule has 7 heteroatoms. The predicted molar refractivity (Wildman–Crippen MR) is 105 cm³/mol. The van der Waals surface area contributed by atoms with Gasteiger partial charge in [0.1, 0.15) is 5.75 Å². The number of methoxy groups -OCH3 is 1. The molecule has 3 heterocycles. The molecule has 0 aliphatic carbocycles. The largest absolute Gasteiger partial charge is 0.503 e. The first-order valence-corrected chi connectivity index (χ1v) is 10.1. The van der Waals surface area contributed by atoms with Crippen LogP contribution in [0.2, 0.25) is 0 Å². The molecule has 146 valence electrons. The summed E-state index contributed by atoms with van der Waals surface area (Å²) in [7, 11) is 1.58. The van der Waals surface area contributed by atoms with Gasteiger partial charge in [-0.2, -0.15) is 0 Å². The highest BCUT2D eigenvalue weighted by molar-refractivity contribution is 7.12. The standard InChI is InChI=1S/C21H21NO5S/c1-26-14-8-6-13(7-9-14)18-17(19(23)16-5-3-11-28-16)20(24)21(25)22(18)12-15-4-2-10-27-15/h3,5-9,11,15,18,24H,2,4,10,12H2,1H3. The fourth-order valence-electron chi connectivity index (χ4n) is 3.75. The molecule has 0 radical (unpaired) electrons. The van der Waals surface area contributed by atoms with Gasteiger partial charge in [0.15, 0.2) is 5.76 Å². The van der Waals surface area contributed by atoms with Crippen molar-refractivity contribution >= 4 is 23.0 Å². The molecular weight excluding hydrogens is 378 g/mol. The summed E-state index contributed by atoms with van der Waals surface area (Å²) in [5.74, 6) is -0.650. The highest BCUT2D eigenvalue weighted by Gasteiger charge is 2.45. The summed E-state index contributed by atoms with van der Waals surface area (Å²) in [5, 5.41) is 12.4. The molecule has 0 bridgehead atoms. The van der Waals surface area contributed by atoms with E-state index in [1.807, 2.05) is 12.1 Å². The molecule has 2 unspecified atom stereocenters. The third kappa shape index (κ3) is 3.31. The van der Waals surface area contributed by atoms with Gasteiger partial charge in [-0.1, -0.05) is 18.2 Å². The highest BCUT2D eigenvalue weighted by atomic mass is 32.1. The van der Waals surface area contributed by atoms with E-state index in [9.17, 15) is 14.7 Å². The smallest absolute Gasteiger partial charge is 0.290 e. The Morgan fingerprint density at radius 3 is 2.71 bits per heavy atom. The van der Waals surface area contributed by atoms with E-state index in [4.69, 9.17) is 9.47 Å². The Morgan fingerprint density at radius 2 is 2.11 bits per heavy atom. The summed E-state index contributed by atoms with van der Waals surface area (Å²) >= 11 is 1.29. The van der Waals surface area contributed by atoms with Gasteiger partial charge in [-0.3, -0.25) is 9.59 Å². The van der Waals surface area contributed by atoms with Crippen LogP contribution >= 0.6 is 11.3 Å². The Hall–Kier alpha value is -2.64. The number of rotatable bonds is 6. The van der Waals surface area contributed by atoms with Crippen molar-refractivity contribution in [3.05, 3.63) is 63.6 Å². The molecule has 2 aliphatic heterocycles. The Bertz CT molecular complexity index is 897. The van der Waals surface area contributed by atoms with Crippen molar-refractivity contribution in [3.8, 4) is 5.75 Å². The molecule has 1 saturated heterocycles. The zero-order chi connectivity index (χ0) is 19.7. The fraction of sp³-hybridized carbons (Fsp3) is 0.333. The Kier molecular flexibility index (Phi) is 5.19. The van der Waals surface area contributed by atoms with E-state index in [1.54, 1.807) is 41.7 Å². The lowest BCUT2D eigenvalue weighted by Gasteiger charge is -2.29. The Morgan fingerprint density at radius 1 is 1.32 bits per heavy atom. The van der Waals surface area contributed by atoms with Crippen LogP contribution in [0, 0.1) is 0 Å². The molecule has 4 rings (SSSR count). The molecule has 0 spiro atoms. The number of ketones is 1. The number of thiophene rings is 1. The number of benzene rings is 1. The van der Waals surface area contributed by atoms with E-state index in [0.29, 0.717) is 23.8 Å². The third-order valence-corrected chi connectivity index (χ3v) is 6.02. The van der Waals surface area contributed by atoms with Crippen molar-refractivity contribution in [2.45, 2.75) is 25.0 Å². The number of aliphatic hydroxyl groups excluding tert-OH is 1. The minimum atomic E-state index is -0.655. The highest BCUT2D eigenvalue weighted by Crippen LogP contribution is 2.40. The van der Waals surface area contributed by atoms with Crippen LogP contribution in [0.15, 0.2) is 53.1 Å². The van der Waals surface area contributed by atoms with Crippen molar-refractivity contribution in [1.29, 1.82) is 0 Å². The second kappa shape index (κ2) is 7.77. The minimum absolute atomic E-state index is 0.0892. The lowest BCUT2D eigenvalue weighted by Crippen LogP contribution is -2.37. The van der Waals surface area contributed by atoms with Crippen molar-refractivity contribution in [3.63, 3.8) is 0 Å². The summed E-state index contributed by atoms with van der Waals surface area (Å²) in [5.41, 5.74) is 0.867. The number of carbonyl (C=O) groups excluding carboxylic acids is 2. The molecule has 1 N–H and O–H groups in total. The molecule has 28 heavy (non-hydrogen) atoms. The van der Waals surface area contributed by atoms with Gasteiger partial charge >= 0.3 is 0 Å². The number of nitrogens with zero attached hydrogens (tertiary/aromatic N) is 1. The third-order valence-electron chi connectivity index (χ3n) is 5.15. The van der Waals surface area contributed by atoms with Gasteiger partial charge in [-0.05, 0) is 42.0 Å². The van der Waals surface area contributed by atoms with Crippen molar-refractivity contribution in [2.75, 3.05) is 20.3 Å². The molecule has 1 amide bonds. The molecule has 1 aromatic carbocycles. The van der Waals surface area contributed by atoms with Crippen LogP contribution in [0.4, 0.5) is 0 Å². The van der Waals surface area contributed by atoms with E-state index in [0.717, 1.165) is 18.4 Å². The summed E-state index contributed by atoms with van der Waals surface area (Å²) in [4.78, 5) is 28.0. The molecule has 6 nitrogen and oxygen atoms in total. The number of hydrogen-bond acceptors (Lipinski definition) is 6. The van der Waals surface area contributed by atoms with Crippen molar-refractivity contribution in [2.24, 2.45) is 0 Å². The van der Waals surface area contributed by atoms with Crippen LogP contribution in [-0.2, 0) is 9.53 Å². The zero-order valence-corrected chi connectivity index (χ0v) is 16.3. The van der Waals surface area contributed by atoms with Gasteiger partial charge in [-0.25, -0.2) is 0 Å². The first kappa shape index (κ1) is 18.7. The summed E-state index contributed by atoms with van der Waals surface area (Å²) in [6.07, 6.45) is 1.71. The number of ether oxygens (including phenoxy) is 2. The number of aliphatic hydroxyl groups is 1. The van der Waals surface area contributed by atoms with E-state index in [2.05, 4.69) is 0 Å². The Labute approximate surface area is 167 Å². The van der Waals surface area contributed by atoms with Crippen LogP contribution < -0.4 is 4.74 Å². The lowest BCUT2D eigenvalue weighted by molar-refractivity contribution is -0.131. The first-order chi connectivity index (χ1) is 13.6. The van der Waals surface area contributed by atoms with Crippen LogP contribution in [-0.4, -0.2) is 48.1 Å². The summed E-state index contributed by atoms with van der Waals surface area (Å²) in [6, 6.07) is 10.0. The minimum Gasteiger partial charge on any atom is -0.503 e. The van der Waals surface area contributed by atoms with Crippen LogP contribution in [0.3, 0.4) is 0 Å². The van der Waals surface area contributed by atoms with Crippen molar-refractivity contribution in [1.82, 2.24) is 4.90 Å². The average molecular weight is 399 g/mol. The maximum Gasteiger partial charge on any atom is 0.290 e. The van der Waals surface area contributed by atoms with Crippen LogP contribution in [0.25, 0.3) is 0 Å². The zero-order valence-electron chi connectivity index (χ0n) is 15.5. The predicted octanol–water partition coefficient (Wildman–Crippen LogP) is 3.51. The Balaban J connectivity index is 1.74. The second-order valence-electron chi connectivity index (χ2n) is 6.84. The fourth-order valence-corrected chi connectivity index (χ4v) is 4.43. The van der Waals surface area contributed by atoms with E-state index in [1.165, 1.54) is 11.3 Å². The van der Waals surface area contributed by atoms with Crippen molar-refractivity contribution < 1.29 is 24.2 Å². The number of carbonyl (C=O) groups is 2. The van der Waals surface area contributed by atoms with Gasteiger partial charge in [-0.15, -0.1) is 11.3 Å². The second-order valence-corrected chi connectivity index (χ2v) is 7.78. The molecule has 1 fully saturated rings. The maximum atomic E-state index is 13.1. The molecule has 0 saturated carbocycles. The lowest BCUT2D eigenvalue weighted by atomic mass is 9.95. The number of hydrogen-bond donors (Lipinski definition) is 1. The normalized spacial score (nSPS) is 22.2. The maximum absolute atomic E-state index is 13.1. The molecule has 2 aromatic rings. The molecule has 2 aliphatic rings. The average Bonchev–Trinajstić information content (AvgIpc) is 3.46. The molecule has 2 atom stereocenters. The first-order valence-electron chi connectivity index (χ1n) is 9.18. The van der Waals surface area contributed by atoms with E-state index >= 15 is 0 Å². The summed E-state index contributed by atoms with van der Waals surface area (Å²) in [6.45, 7) is 1.00. The quantitative estimate of drug-likeness (QED) is 0.753. The van der Waals surface area contributed by atoms with E-state index < -0.39 is 17.7 Å². The monoisotopic (exact) mass is 399 g/mol. The topological polar surface area (TPSA) is 76.1 Å². The van der Waals surface area contributed by atoms with Gasteiger partial charge in [0, 0.05) is 13.2 Å². The summed E-state index contributed by atoms with van der Waals surface area (Å²) < 4.78 is 10.9. The van der Waals surface area contributed by atoms with Gasteiger partial charge in [0.25, 0.3) is 5.91 Å². The SMILES string of the molecule is COc1ccc(C2C(C(=O)c3cccs3)=C(O)C(=O)N2CC2CCCO2)cc1. The molecular formula is C21H21NO5S. The molecule has 1 aromatic heterocycles. The van der Waals surface area contributed by atoms with Gasteiger partial charge < -0.3 is 19.5 Å². The van der Waals surface area contributed by atoms with Gasteiger partial charge in [0.2, 0.25) is 5.78 Å². The number of amides is 1. The number of Topliss-reactive ketones (excluding diaryl/α,β-unsaturated/α-hetero) is 1. The van der Waals surface area contributed by atoms with E-state index in [-0.39, 0.29) is 17.5 Å².